The fourth-order valence-corrected chi connectivity index (χ4v) is 1.35. The number of rotatable bonds is 4. The average Bonchev–Trinajstić information content (AvgIpc) is 2.24. The third-order valence-electron chi connectivity index (χ3n) is 2.16. The van der Waals surface area contributed by atoms with E-state index in [0.29, 0.717) is 6.42 Å². The summed E-state index contributed by atoms with van der Waals surface area (Å²) in [5, 5.41) is 0. The van der Waals surface area contributed by atoms with Gasteiger partial charge in [0.25, 0.3) is 0 Å². The zero-order valence-electron chi connectivity index (χ0n) is 13.8. The van der Waals surface area contributed by atoms with Crippen molar-refractivity contribution in [3.8, 4) is 0 Å². The lowest BCUT2D eigenvalue weighted by Gasteiger charge is -2.23. The molecule has 0 amide bonds. The molecule has 2 N–H and O–H groups in total. The van der Waals surface area contributed by atoms with E-state index in [-0.39, 0.29) is 19.6 Å². The summed E-state index contributed by atoms with van der Waals surface area (Å²) < 4.78 is 5.15. The van der Waals surface area contributed by atoms with Crippen molar-refractivity contribution in [2.45, 2.75) is 79.9 Å². The molecular weight excluding hydrogens is 242 g/mol. The maximum atomic E-state index is 11.8. The van der Waals surface area contributed by atoms with Crippen LogP contribution in [0, 0.1) is 5.41 Å². The highest BCUT2D eigenvalue weighted by Crippen LogP contribution is 2.18. The molecule has 116 valence electrons. The quantitative estimate of drug-likeness (QED) is 0.799. The summed E-state index contributed by atoms with van der Waals surface area (Å²) in [6.07, 6.45) is 0.519. The van der Waals surface area contributed by atoms with Crippen molar-refractivity contribution in [1.29, 1.82) is 0 Å². The minimum atomic E-state index is -0.595. The van der Waals surface area contributed by atoms with Crippen molar-refractivity contribution in [2.24, 2.45) is 11.1 Å². The van der Waals surface area contributed by atoms with Gasteiger partial charge in [-0.05, 0) is 27.2 Å². The summed E-state index contributed by atoms with van der Waals surface area (Å²) in [7, 11) is 0. The smallest absolute Gasteiger partial charge is 0.306 e. The molecule has 0 unspecified atom stereocenters. The number of hydrogen-bond donors (Lipinski definition) is 1. The van der Waals surface area contributed by atoms with Gasteiger partial charge in [-0.15, -0.1) is 0 Å². The summed E-state index contributed by atoms with van der Waals surface area (Å²) in [6, 6.07) is -0.595. The Bertz CT molecular complexity index is 290. The Morgan fingerprint density at radius 2 is 1.53 bits per heavy atom. The zero-order chi connectivity index (χ0) is 15.9. The first-order valence-electron chi connectivity index (χ1n) is 6.95. The molecule has 0 aromatic rings. The van der Waals surface area contributed by atoms with E-state index in [1.165, 1.54) is 0 Å². The molecule has 0 radical (unpaired) electrons. The second-order valence-corrected chi connectivity index (χ2v) is 6.35. The first kappa shape index (κ1) is 20.4. The van der Waals surface area contributed by atoms with Gasteiger partial charge < -0.3 is 10.5 Å². The Morgan fingerprint density at radius 1 is 1.11 bits per heavy atom. The highest BCUT2D eigenvalue weighted by molar-refractivity contribution is 5.88. The molecular formula is C15H33NO3. The molecule has 4 nitrogen and oxygen atoms in total. The second-order valence-electron chi connectivity index (χ2n) is 6.35. The van der Waals surface area contributed by atoms with Crippen molar-refractivity contribution in [2.75, 3.05) is 0 Å². The standard InChI is InChI=1S/C13H25NO3.C2H6.H2/c1-12(2,3)11(16)9(14)7-8-10(15)17-13(4,5)6;1-2;/h9H,7-8,14H2,1-6H3;1-2H3;1H/t9-;;/m0../s1. The number of carbonyl (C=O) groups is 2. The van der Waals surface area contributed by atoms with E-state index in [4.69, 9.17) is 10.5 Å². The van der Waals surface area contributed by atoms with E-state index in [2.05, 4.69) is 0 Å². The van der Waals surface area contributed by atoms with Crippen LogP contribution in [0.2, 0.25) is 0 Å². The molecule has 19 heavy (non-hydrogen) atoms. The molecule has 0 aromatic heterocycles. The summed E-state index contributed by atoms with van der Waals surface area (Å²) in [4.78, 5) is 23.2. The number of carbonyl (C=O) groups excluding carboxylic acids is 2. The van der Waals surface area contributed by atoms with Gasteiger partial charge in [-0.2, -0.15) is 0 Å². The lowest BCUT2D eigenvalue weighted by molar-refractivity contribution is -0.155. The molecule has 0 aromatic carbocycles. The minimum Gasteiger partial charge on any atom is -0.460 e. The zero-order valence-corrected chi connectivity index (χ0v) is 13.8. The first-order chi connectivity index (χ1) is 8.43. The number of Topliss-reactive ketones (excluding diaryl/α,β-unsaturated/α-hetero) is 1. The Hall–Kier alpha value is -0.900. The van der Waals surface area contributed by atoms with Gasteiger partial charge in [0, 0.05) is 13.3 Å². The Morgan fingerprint density at radius 3 is 1.84 bits per heavy atom. The van der Waals surface area contributed by atoms with E-state index >= 15 is 0 Å². The van der Waals surface area contributed by atoms with E-state index in [9.17, 15) is 9.59 Å². The van der Waals surface area contributed by atoms with Crippen molar-refractivity contribution >= 4 is 11.8 Å². The summed E-state index contributed by atoms with van der Waals surface area (Å²) >= 11 is 0. The number of ether oxygens (including phenoxy) is 1. The topological polar surface area (TPSA) is 69.4 Å². The van der Waals surface area contributed by atoms with Crippen LogP contribution >= 0.6 is 0 Å². The molecule has 0 saturated carbocycles. The van der Waals surface area contributed by atoms with Crippen molar-refractivity contribution in [1.82, 2.24) is 0 Å². The molecule has 4 heteroatoms. The van der Waals surface area contributed by atoms with Gasteiger partial charge in [-0.1, -0.05) is 34.6 Å². The number of nitrogens with two attached hydrogens (primary N) is 1. The highest BCUT2D eigenvalue weighted by Gasteiger charge is 2.27. The largest absolute Gasteiger partial charge is 0.460 e. The second kappa shape index (κ2) is 8.31. The molecule has 0 bridgehead atoms. The predicted octanol–water partition coefficient (Wildman–Crippen LogP) is 3.32. The minimum absolute atomic E-state index is 0. The normalized spacial score (nSPS) is 13.1. The van der Waals surface area contributed by atoms with E-state index in [1.807, 2.05) is 55.4 Å². The predicted molar refractivity (Wildman–Crippen MR) is 81.0 cm³/mol. The van der Waals surface area contributed by atoms with E-state index in [0.717, 1.165) is 0 Å². The van der Waals surface area contributed by atoms with Gasteiger partial charge in [0.05, 0.1) is 6.04 Å². The van der Waals surface area contributed by atoms with Crippen LogP contribution in [0.1, 0.15) is 69.7 Å². The lowest BCUT2D eigenvalue weighted by atomic mass is 9.85. The lowest BCUT2D eigenvalue weighted by Crippen LogP contribution is -2.39. The first-order valence-corrected chi connectivity index (χ1v) is 6.95. The number of ketones is 1. The van der Waals surface area contributed by atoms with Crippen LogP contribution in [-0.2, 0) is 14.3 Å². The maximum absolute atomic E-state index is 11.8. The van der Waals surface area contributed by atoms with Gasteiger partial charge >= 0.3 is 5.97 Å². The molecule has 0 aliphatic rings. The van der Waals surface area contributed by atoms with Gasteiger partial charge in [0.2, 0.25) is 0 Å². The van der Waals surface area contributed by atoms with Gasteiger partial charge in [-0.3, -0.25) is 9.59 Å². The molecule has 0 heterocycles. The third kappa shape index (κ3) is 10.7. The monoisotopic (exact) mass is 275 g/mol. The van der Waals surface area contributed by atoms with Gasteiger partial charge in [-0.25, -0.2) is 0 Å². The van der Waals surface area contributed by atoms with Crippen LogP contribution in [0.4, 0.5) is 0 Å². The van der Waals surface area contributed by atoms with E-state index in [1.54, 1.807) is 0 Å². The van der Waals surface area contributed by atoms with Crippen LogP contribution in [0.3, 0.4) is 0 Å². The van der Waals surface area contributed by atoms with E-state index < -0.39 is 17.1 Å². The molecule has 0 fully saturated rings. The fraction of sp³-hybridized carbons (Fsp3) is 0.867. The Balaban J connectivity index is -0.000000916. The molecule has 0 aliphatic carbocycles. The van der Waals surface area contributed by atoms with Crippen LogP contribution in [0.25, 0.3) is 0 Å². The Labute approximate surface area is 119 Å². The number of hydrogen-bond acceptors (Lipinski definition) is 4. The summed E-state index contributed by atoms with van der Waals surface area (Å²) in [5.41, 5.74) is 4.80. The molecule has 0 saturated heterocycles. The summed E-state index contributed by atoms with van der Waals surface area (Å²) in [6.45, 7) is 14.9. The molecule has 0 aliphatic heterocycles. The van der Waals surface area contributed by atoms with Crippen molar-refractivity contribution in [3.05, 3.63) is 0 Å². The Kier molecular flexibility index (Phi) is 8.93. The average molecular weight is 275 g/mol. The van der Waals surface area contributed by atoms with Crippen LogP contribution in [0.15, 0.2) is 0 Å². The van der Waals surface area contributed by atoms with Gasteiger partial charge in [0.1, 0.15) is 5.60 Å². The SMILES string of the molecule is CC.CC(C)(C)OC(=O)CC[C@H](N)C(=O)C(C)(C)C.[HH]. The van der Waals surface area contributed by atoms with Crippen LogP contribution in [0.5, 0.6) is 0 Å². The molecule has 0 rings (SSSR count). The van der Waals surface area contributed by atoms with Crippen LogP contribution < -0.4 is 5.73 Å². The fourth-order valence-electron chi connectivity index (χ4n) is 1.35. The maximum Gasteiger partial charge on any atom is 0.306 e. The third-order valence-corrected chi connectivity index (χ3v) is 2.16. The molecule has 1 atom stereocenters. The van der Waals surface area contributed by atoms with Crippen molar-refractivity contribution in [3.63, 3.8) is 0 Å². The van der Waals surface area contributed by atoms with Gasteiger partial charge in [0.15, 0.2) is 5.78 Å². The number of esters is 1. The molecule has 0 spiro atoms. The highest BCUT2D eigenvalue weighted by atomic mass is 16.6. The van der Waals surface area contributed by atoms with Crippen molar-refractivity contribution < 1.29 is 15.8 Å². The summed E-state index contributed by atoms with van der Waals surface area (Å²) in [5.74, 6) is -0.337. The van der Waals surface area contributed by atoms with Crippen LogP contribution in [-0.4, -0.2) is 23.4 Å².